The average molecular weight is 432 g/mol. The number of aromatic nitrogens is 1. The average Bonchev–Trinajstić information content (AvgIpc) is 2.76. The molecule has 3 rings (SSSR count). The zero-order chi connectivity index (χ0) is 23.1. The summed E-state index contributed by atoms with van der Waals surface area (Å²) in [7, 11) is 0. The Morgan fingerprint density at radius 3 is 2.16 bits per heavy atom. The number of nitrogen functional groups attached to an aromatic ring is 1. The molecule has 0 radical (unpaired) electrons. The third kappa shape index (κ3) is 6.66. The molecule has 168 valence electrons. The van der Waals surface area contributed by atoms with Crippen molar-refractivity contribution in [2.75, 3.05) is 5.73 Å². The van der Waals surface area contributed by atoms with Gasteiger partial charge in [-0.15, -0.1) is 0 Å². The molecule has 2 unspecified atom stereocenters. The number of ether oxygens (including phenoxy) is 1. The lowest BCUT2D eigenvalue weighted by Crippen LogP contribution is -2.34. The van der Waals surface area contributed by atoms with Crippen molar-refractivity contribution < 1.29 is 9.53 Å². The molecule has 0 bridgehead atoms. The summed E-state index contributed by atoms with van der Waals surface area (Å²) >= 11 is 0. The molecule has 0 aliphatic heterocycles. The number of nitrogens with two attached hydrogens (primary N) is 1. The van der Waals surface area contributed by atoms with Crippen LogP contribution in [0.4, 0.5) is 5.82 Å². The Labute approximate surface area is 191 Å². The van der Waals surface area contributed by atoms with Gasteiger partial charge in [0, 0.05) is 24.8 Å². The highest BCUT2D eigenvalue weighted by atomic mass is 16.6. The standard InChI is InChI=1S/C27H33N3O2/c1-20(22-13-9-6-10-14-22)30(19-21-11-7-5-8-12-21)24(17-26(31)32-27(2,3)4)23-15-16-25(28)29-18-23/h5-16,18,20,24H,17,19H2,1-4H3,(H2,28,29). The highest BCUT2D eigenvalue weighted by Gasteiger charge is 2.30. The number of pyridine rings is 1. The van der Waals surface area contributed by atoms with Gasteiger partial charge in [-0.3, -0.25) is 9.69 Å². The Hall–Kier alpha value is -3.18. The van der Waals surface area contributed by atoms with Crippen molar-refractivity contribution in [1.29, 1.82) is 0 Å². The van der Waals surface area contributed by atoms with Gasteiger partial charge in [-0.2, -0.15) is 0 Å². The summed E-state index contributed by atoms with van der Waals surface area (Å²) in [6.45, 7) is 8.51. The highest BCUT2D eigenvalue weighted by Crippen LogP contribution is 2.35. The lowest BCUT2D eigenvalue weighted by atomic mass is 9.97. The molecule has 32 heavy (non-hydrogen) atoms. The number of hydrogen-bond acceptors (Lipinski definition) is 5. The Morgan fingerprint density at radius 2 is 1.59 bits per heavy atom. The van der Waals surface area contributed by atoms with Crippen molar-refractivity contribution in [2.24, 2.45) is 0 Å². The predicted octanol–water partition coefficient (Wildman–Crippen LogP) is 5.70. The van der Waals surface area contributed by atoms with E-state index >= 15 is 0 Å². The molecular weight excluding hydrogens is 398 g/mol. The fourth-order valence-corrected chi connectivity index (χ4v) is 3.82. The van der Waals surface area contributed by atoms with Crippen LogP contribution in [0.25, 0.3) is 0 Å². The molecule has 5 nitrogen and oxygen atoms in total. The van der Waals surface area contributed by atoms with E-state index in [4.69, 9.17) is 10.5 Å². The van der Waals surface area contributed by atoms with E-state index in [9.17, 15) is 4.79 Å². The first-order chi connectivity index (χ1) is 15.2. The van der Waals surface area contributed by atoms with E-state index in [-0.39, 0.29) is 24.5 Å². The maximum atomic E-state index is 12.9. The summed E-state index contributed by atoms with van der Waals surface area (Å²) < 4.78 is 5.69. The van der Waals surface area contributed by atoms with Gasteiger partial charge >= 0.3 is 5.97 Å². The first-order valence-electron chi connectivity index (χ1n) is 11.0. The number of esters is 1. The molecule has 0 saturated heterocycles. The SMILES string of the molecule is CC(c1ccccc1)N(Cc1ccccc1)C(CC(=O)OC(C)(C)C)c1ccc(N)nc1. The third-order valence-electron chi connectivity index (χ3n) is 5.36. The quantitative estimate of drug-likeness (QED) is 0.463. The molecule has 0 fully saturated rings. The number of carbonyl (C=O) groups is 1. The largest absolute Gasteiger partial charge is 0.460 e. The zero-order valence-electron chi connectivity index (χ0n) is 19.4. The van der Waals surface area contributed by atoms with Gasteiger partial charge in [-0.25, -0.2) is 4.98 Å². The molecule has 1 heterocycles. The summed E-state index contributed by atoms with van der Waals surface area (Å²) in [6, 6.07) is 24.2. The van der Waals surface area contributed by atoms with Gasteiger partial charge in [-0.05, 0) is 50.5 Å². The molecule has 5 heteroatoms. The summed E-state index contributed by atoms with van der Waals surface area (Å²) in [5, 5.41) is 0. The van der Waals surface area contributed by atoms with Crippen molar-refractivity contribution in [3.63, 3.8) is 0 Å². The molecule has 0 aliphatic rings. The second-order valence-electron chi connectivity index (χ2n) is 9.07. The van der Waals surface area contributed by atoms with Crippen LogP contribution in [0.3, 0.4) is 0 Å². The second-order valence-corrected chi connectivity index (χ2v) is 9.07. The van der Waals surface area contributed by atoms with Crippen molar-refractivity contribution in [2.45, 2.75) is 58.3 Å². The Kier molecular flexibility index (Phi) is 7.65. The summed E-state index contributed by atoms with van der Waals surface area (Å²) in [4.78, 5) is 19.6. The van der Waals surface area contributed by atoms with Crippen LogP contribution >= 0.6 is 0 Å². The minimum atomic E-state index is -0.545. The van der Waals surface area contributed by atoms with Gasteiger partial charge in [0.15, 0.2) is 0 Å². The fraction of sp³-hybridized carbons (Fsp3) is 0.333. The van der Waals surface area contributed by atoms with Crippen LogP contribution in [0.15, 0.2) is 79.0 Å². The van der Waals surface area contributed by atoms with E-state index in [2.05, 4.69) is 41.1 Å². The van der Waals surface area contributed by atoms with Crippen LogP contribution < -0.4 is 5.73 Å². The number of nitrogens with zero attached hydrogens (tertiary/aromatic N) is 2. The molecule has 2 aromatic carbocycles. The summed E-state index contributed by atoms with van der Waals surface area (Å²) in [5.74, 6) is 0.216. The molecule has 0 spiro atoms. The smallest absolute Gasteiger partial charge is 0.308 e. The van der Waals surface area contributed by atoms with Gasteiger partial charge in [0.2, 0.25) is 0 Å². The van der Waals surface area contributed by atoms with Gasteiger partial charge in [-0.1, -0.05) is 66.7 Å². The Bertz CT molecular complexity index is 983. The Balaban J connectivity index is 2.02. The van der Waals surface area contributed by atoms with E-state index < -0.39 is 5.60 Å². The van der Waals surface area contributed by atoms with Crippen LogP contribution in [0.1, 0.15) is 62.9 Å². The number of hydrogen-bond donors (Lipinski definition) is 1. The van der Waals surface area contributed by atoms with Crippen molar-refractivity contribution in [3.8, 4) is 0 Å². The summed E-state index contributed by atoms with van der Waals surface area (Å²) in [6.07, 6.45) is 1.98. The van der Waals surface area contributed by atoms with Gasteiger partial charge in [0.05, 0.1) is 6.42 Å². The number of carbonyl (C=O) groups excluding carboxylic acids is 1. The Morgan fingerprint density at radius 1 is 0.969 bits per heavy atom. The van der Waals surface area contributed by atoms with Crippen molar-refractivity contribution in [3.05, 3.63) is 95.7 Å². The van der Waals surface area contributed by atoms with E-state index in [1.165, 1.54) is 11.1 Å². The molecular formula is C27H33N3O2. The van der Waals surface area contributed by atoms with E-state index in [1.54, 1.807) is 12.3 Å². The van der Waals surface area contributed by atoms with Crippen LogP contribution in [0, 0.1) is 0 Å². The van der Waals surface area contributed by atoms with E-state index in [1.807, 2.05) is 63.2 Å². The van der Waals surface area contributed by atoms with Crippen molar-refractivity contribution >= 4 is 11.8 Å². The lowest BCUT2D eigenvalue weighted by molar-refractivity contribution is -0.156. The van der Waals surface area contributed by atoms with Crippen LogP contribution in [-0.2, 0) is 16.1 Å². The third-order valence-corrected chi connectivity index (χ3v) is 5.36. The fourth-order valence-electron chi connectivity index (χ4n) is 3.82. The minimum absolute atomic E-state index is 0.0568. The summed E-state index contributed by atoms with van der Waals surface area (Å²) in [5.41, 5.74) is 8.59. The normalized spacial score (nSPS) is 13.5. The molecule has 0 aliphatic carbocycles. The first kappa shape index (κ1) is 23.5. The van der Waals surface area contributed by atoms with Gasteiger partial charge in [0.1, 0.15) is 11.4 Å². The highest BCUT2D eigenvalue weighted by molar-refractivity contribution is 5.71. The second kappa shape index (κ2) is 10.4. The van der Waals surface area contributed by atoms with Gasteiger partial charge < -0.3 is 10.5 Å². The lowest BCUT2D eigenvalue weighted by Gasteiger charge is -2.37. The minimum Gasteiger partial charge on any atom is -0.460 e. The molecule has 3 aromatic rings. The van der Waals surface area contributed by atoms with E-state index in [0.717, 1.165) is 5.56 Å². The van der Waals surface area contributed by atoms with E-state index in [0.29, 0.717) is 12.4 Å². The topological polar surface area (TPSA) is 68.5 Å². The maximum Gasteiger partial charge on any atom is 0.308 e. The number of rotatable bonds is 8. The molecule has 0 saturated carbocycles. The monoisotopic (exact) mass is 431 g/mol. The molecule has 0 amide bonds. The predicted molar refractivity (Wildman–Crippen MR) is 129 cm³/mol. The molecule has 1 aromatic heterocycles. The van der Waals surface area contributed by atoms with Crippen LogP contribution in [0.5, 0.6) is 0 Å². The van der Waals surface area contributed by atoms with Gasteiger partial charge in [0.25, 0.3) is 0 Å². The van der Waals surface area contributed by atoms with Crippen molar-refractivity contribution in [1.82, 2.24) is 9.88 Å². The van der Waals surface area contributed by atoms with Crippen LogP contribution in [-0.4, -0.2) is 21.5 Å². The maximum absolute atomic E-state index is 12.9. The number of benzene rings is 2. The number of anilines is 1. The van der Waals surface area contributed by atoms with Crippen LogP contribution in [0.2, 0.25) is 0 Å². The zero-order valence-corrected chi connectivity index (χ0v) is 19.4. The molecule has 2 atom stereocenters. The first-order valence-corrected chi connectivity index (χ1v) is 11.0. The molecule has 2 N–H and O–H groups in total.